The maximum absolute atomic E-state index is 4.45. The second-order valence-corrected chi connectivity index (χ2v) is 6.84. The second-order valence-electron chi connectivity index (χ2n) is 6.84. The molecule has 1 aliphatic rings. The van der Waals surface area contributed by atoms with Crippen LogP contribution in [0.2, 0.25) is 0 Å². The molecule has 2 heteroatoms. The molecule has 1 aromatic heterocycles. The molecule has 2 heterocycles. The zero-order valence-electron chi connectivity index (χ0n) is 15.0. The Morgan fingerprint density at radius 2 is 1.54 bits per heavy atom. The highest BCUT2D eigenvalue weighted by atomic mass is 15.1. The average Bonchev–Trinajstić information content (AvgIpc) is 2.74. The summed E-state index contributed by atoms with van der Waals surface area (Å²) in [7, 11) is 0. The van der Waals surface area contributed by atoms with Crippen molar-refractivity contribution in [2.75, 3.05) is 19.6 Å². The molecule has 0 spiro atoms. The van der Waals surface area contributed by atoms with Crippen molar-refractivity contribution in [2.45, 2.75) is 12.8 Å². The van der Waals surface area contributed by atoms with Gasteiger partial charge in [-0.3, -0.25) is 9.88 Å². The zero-order chi connectivity index (χ0) is 17.6. The molecular weight excluding hydrogens is 316 g/mol. The van der Waals surface area contributed by atoms with Crippen molar-refractivity contribution in [3.63, 3.8) is 0 Å². The molecule has 4 rings (SSSR count). The van der Waals surface area contributed by atoms with Crippen molar-refractivity contribution in [3.8, 4) is 11.1 Å². The van der Waals surface area contributed by atoms with E-state index in [0.29, 0.717) is 0 Å². The lowest BCUT2D eigenvalue weighted by Crippen LogP contribution is -2.30. The summed E-state index contributed by atoms with van der Waals surface area (Å²) in [5.74, 6) is 0. The molecule has 0 aliphatic carbocycles. The van der Waals surface area contributed by atoms with E-state index in [-0.39, 0.29) is 0 Å². The van der Waals surface area contributed by atoms with E-state index in [9.17, 15) is 0 Å². The number of aromatic nitrogens is 1. The lowest BCUT2D eigenvalue weighted by atomic mass is 9.99. The third-order valence-electron chi connectivity index (χ3n) is 5.06. The van der Waals surface area contributed by atoms with E-state index in [1.54, 1.807) is 0 Å². The minimum atomic E-state index is 1.04. The van der Waals surface area contributed by atoms with E-state index < -0.39 is 0 Å². The molecule has 0 radical (unpaired) electrons. The fourth-order valence-electron chi connectivity index (χ4n) is 3.53. The molecule has 130 valence electrons. The number of nitrogens with zero attached hydrogens (tertiary/aromatic N) is 2. The van der Waals surface area contributed by atoms with Crippen LogP contribution in [0.4, 0.5) is 0 Å². The Balaban J connectivity index is 1.36. The van der Waals surface area contributed by atoms with Crippen LogP contribution in [0.1, 0.15) is 17.5 Å². The molecule has 0 unspecified atom stereocenters. The molecule has 0 amide bonds. The molecule has 3 aromatic rings. The van der Waals surface area contributed by atoms with Gasteiger partial charge in [0.25, 0.3) is 0 Å². The van der Waals surface area contributed by atoms with Gasteiger partial charge in [0, 0.05) is 37.6 Å². The van der Waals surface area contributed by atoms with E-state index in [4.69, 9.17) is 0 Å². The van der Waals surface area contributed by atoms with Gasteiger partial charge < -0.3 is 0 Å². The maximum Gasteiger partial charge on any atom is 0.0346 e. The van der Waals surface area contributed by atoms with Crippen molar-refractivity contribution >= 4 is 5.57 Å². The Labute approximate surface area is 155 Å². The van der Waals surface area contributed by atoms with Crippen molar-refractivity contribution in [3.05, 3.63) is 96.3 Å². The van der Waals surface area contributed by atoms with E-state index in [2.05, 4.69) is 76.6 Å². The Morgan fingerprint density at radius 1 is 0.808 bits per heavy atom. The highest BCUT2D eigenvalue weighted by molar-refractivity contribution is 5.66. The summed E-state index contributed by atoms with van der Waals surface area (Å²) in [5, 5.41) is 0. The van der Waals surface area contributed by atoms with Crippen LogP contribution >= 0.6 is 0 Å². The van der Waals surface area contributed by atoms with Gasteiger partial charge in [0.15, 0.2) is 0 Å². The minimum absolute atomic E-state index is 1.04. The minimum Gasteiger partial charge on any atom is -0.299 e. The van der Waals surface area contributed by atoms with Crippen LogP contribution in [0.15, 0.2) is 85.2 Å². The molecule has 0 bridgehead atoms. The topological polar surface area (TPSA) is 16.1 Å². The van der Waals surface area contributed by atoms with Crippen LogP contribution in [0.25, 0.3) is 16.7 Å². The summed E-state index contributed by atoms with van der Waals surface area (Å²) < 4.78 is 0. The van der Waals surface area contributed by atoms with Crippen molar-refractivity contribution in [1.29, 1.82) is 0 Å². The molecule has 0 saturated carbocycles. The van der Waals surface area contributed by atoms with E-state index in [1.165, 1.54) is 27.8 Å². The van der Waals surface area contributed by atoms with Gasteiger partial charge in [-0.1, -0.05) is 66.7 Å². The largest absolute Gasteiger partial charge is 0.299 e. The zero-order valence-corrected chi connectivity index (χ0v) is 15.0. The summed E-state index contributed by atoms with van der Waals surface area (Å²) in [6.45, 7) is 3.25. The van der Waals surface area contributed by atoms with Crippen LogP contribution in [0.5, 0.6) is 0 Å². The maximum atomic E-state index is 4.45. The summed E-state index contributed by atoms with van der Waals surface area (Å²) in [5.41, 5.74) is 6.59. The number of rotatable bonds is 5. The van der Waals surface area contributed by atoms with Gasteiger partial charge in [-0.05, 0) is 41.2 Å². The lowest BCUT2D eigenvalue weighted by Gasteiger charge is -2.26. The first kappa shape index (κ1) is 16.7. The monoisotopic (exact) mass is 340 g/mol. The fraction of sp³-hybridized carbons (Fsp3) is 0.208. The smallest absolute Gasteiger partial charge is 0.0346 e. The number of hydrogen-bond acceptors (Lipinski definition) is 2. The van der Waals surface area contributed by atoms with Crippen LogP contribution in [0, 0.1) is 0 Å². The highest BCUT2D eigenvalue weighted by Gasteiger charge is 2.12. The number of hydrogen-bond donors (Lipinski definition) is 0. The predicted molar refractivity (Wildman–Crippen MR) is 109 cm³/mol. The van der Waals surface area contributed by atoms with Gasteiger partial charge in [0.1, 0.15) is 0 Å². The molecule has 2 aromatic carbocycles. The first-order valence-corrected chi connectivity index (χ1v) is 9.35. The van der Waals surface area contributed by atoms with Crippen LogP contribution in [-0.4, -0.2) is 29.5 Å². The molecule has 0 fully saturated rings. The fourth-order valence-corrected chi connectivity index (χ4v) is 3.53. The van der Waals surface area contributed by atoms with Crippen molar-refractivity contribution in [2.24, 2.45) is 0 Å². The third-order valence-corrected chi connectivity index (χ3v) is 5.06. The van der Waals surface area contributed by atoms with Crippen LogP contribution in [0.3, 0.4) is 0 Å². The van der Waals surface area contributed by atoms with E-state index in [1.807, 2.05) is 18.5 Å². The first-order valence-electron chi connectivity index (χ1n) is 9.35. The Kier molecular flexibility index (Phi) is 5.22. The SMILES string of the molecule is C1=C(c2ccccc2)CCN(CCc2cncc(-c3ccccc3)c2)C1. The van der Waals surface area contributed by atoms with Gasteiger partial charge in [-0.15, -0.1) is 0 Å². The highest BCUT2D eigenvalue weighted by Crippen LogP contribution is 2.23. The molecule has 0 atom stereocenters. The van der Waals surface area contributed by atoms with Gasteiger partial charge in [-0.2, -0.15) is 0 Å². The number of benzene rings is 2. The average molecular weight is 340 g/mol. The normalized spacial score (nSPS) is 14.8. The third kappa shape index (κ3) is 4.09. The second kappa shape index (κ2) is 8.11. The molecule has 0 N–H and O–H groups in total. The van der Waals surface area contributed by atoms with E-state index in [0.717, 1.165) is 32.5 Å². The summed E-state index contributed by atoms with van der Waals surface area (Å²) in [6.07, 6.45) is 8.52. The Bertz CT molecular complexity index is 869. The van der Waals surface area contributed by atoms with Crippen LogP contribution < -0.4 is 0 Å². The summed E-state index contributed by atoms with van der Waals surface area (Å²) in [4.78, 5) is 6.98. The Morgan fingerprint density at radius 3 is 2.23 bits per heavy atom. The van der Waals surface area contributed by atoms with Crippen LogP contribution in [-0.2, 0) is 6.42 Å². The van der Waals surface area contributed by atoms with Gasteiger partial charge in [0.2, 0.25) is 0 Å². The van der Waals surface area contributed by atoms with Gasteiger partial charge in [0.05, 0.1) is 0 Å². The quantitative estimate of drug-likeness (QED) is 0.644. The molecule has 0 saturated heterocycles. The van der Waals surface area contributed by atoms with Crippen molar-refractivity contribution < 1.29 is 0 Å². The van der Waals surface area contributed by atoms with Crippen molar-refractivity contribution in [1.82, 2.24) is 9.88 Å². The summed E-state index contributed by atoms with van der Waals surface area (Å²) in [6, 6.07) is 23.5. The lowest BCUT2D eigenvalue weighted by molar-refractivity contribution is 0.306. The van der Waals surface area contributed by atoms with Gasteiger partial charge >= 0.3 is 0 Å². The first-order chi connectivity index (χ1) is 12.9. The molecular formula is C24H24N2. The Hall–Kier alpha value is -2.71. The van der Waals surface area contributed by atoms with Gasteiger partial charge in [-0.25, -0.2) is 0 Å². The van der Waals surface area contributed by atoms with E-state index >= 15 is 0 Å². The standard InChI is InChI=1S/C24H24N2/c1-3-7-21(8-4-1)23-12-15-26(16-13-23)14-11-20-17-24(19-25-18-20)22-9-5-2-6-10-22/h1-10,12,17-19H,11,13-16H2. The predicted octanol–water partition coefficient (Wildman–Crippen LogP) is 5.08. The molecule has 2 nitrogen and oxygen atoms in total. The summed E-state index contributed by atoms with van der Waals surface area (Å²) >= 11 is 0. The molecule has 26 heavy (non-hydrogen) atoms. The molecule has 1 aliphatic heterocycles. The number of pyridine rings is 1.